The summed E-state index contributed by atoms with van der Waals surface area (Å²) in [6, 6.07) is 11.8. The van der Waals surface area contributed by atoms with Gasteiger partial charge in [-0.2, -0.15) is 5.06 Å². The van der Waals surface area contributed by atoms with Crippen molar-refractivity contribution in [3.8, 4) is 0 Å². The molecule has 0 radical (unpaired) electrons. The lowest BCUT2D eigenvalue weighted by Gasteiger charge is -2.27. The van der Waals surface area contributed by atoms with Crippen molar-refractivity contribution in [2.24, 2.45) is 0 Å². The zero-order valence-electron chi connectivity index (χ0n) is 15.6. The molecule has 0 unspecified atom stereocenters. The summed E-state index contributed by atoms with van der Waals surface area (Å²) in [7, 11) is 0. The number of benzene rings is 2. The predicted molar refractivity (Wildman–Crippen MR) is 99.1 cm³/mol. The average Bonchev–Trinajstić information content (AvgIpc) is 2.72. The fourth-order valence-electron chi connectivity index (χ4n) is 2.48. The van der Waals surface area contributed by atoms with Gasteiger partial charge >= 0.3 is 5.97 Å². The molecule has 2 aromatic carbocycles. The van der Waals surface area contributed by atoms with Crippen molar-refractivity contribution in [1.29, 1.82) is 0 Å². The number of nitrogens with zero attached hydrogens (tertiary/aromatic N) is 1. The van der Waals surface area contributed by atoms with Crippen LogP contribution in [0.25, 0.3) is 0 Å². The van der Waals surface area contributed by atoms with Crippen molar-refractivity contribution in [2.75, 3.05) is 6.61 Å². The van der Waals surface area contributed by atoms with Crippen molar-refractivity contribution >= 4 is 17.8 Å². The third-order valence-electron chi connectivity index (χ3n) is 3.95. The minimum Gasteiger partial charge on any atom is -0.394 e. The molecule has 0 saturated carbocycles. The van der Waals surface area contributed by atoms with Crippen LogP contribution in [0.2, 0.25) is 0 Å². The molecule has 2 aromatic rings. The molecule has 29 heavy (non-hydrogen) atoms. The second-order valence-corrected chi connectivity index (χ2v) is 6.11. The van der Waals surface area contributed by atoms with Crippen LogP contribution in [0.4, 0.5) is 4.39 Å². The molecule has 0 aliphatic carbocycles. The van der Waals surface area contributed by atoms with Crippen LogP contribution in [0.5, 0.6) is 0 Å². The summed E-state index contributed by atoms with van der Waals surface area (Å²) < 4.78 is 13.2. The van der Waals surface area contributed by atoms with Crippen LogP contribution < -0.4 is 5.32 Å². The standard InChI is InChI=1S/C20H21FN2O6/c1-13(25)23(29-20(28)18(26)15-7-3-2-4-8-15)17(12-24)19(27)22-11-14-6-5-9-16(21)10-14/h2-10,17-18,24,26H,11-12H2,1H3,(H,22,27)/t17-,18-/m1/s1. The summed E-state index contributed by atoms with van der Waals surface area (Å²) in [6.07, 6.45) is -1.69. The molecular weight excluding hydrogens is 383 g/mol. The van der Waals surface area contributed by atoms with E-state index in [0.717, 1.165) is 6.92 Å². The first-order valence-electron chi connectivity index (χ1n) is 8.71. The number of amides is 2. The largest absolute Gasteiger partial charge is 0.394 e. The van der Waals surface area contributed by atoms with E-state index in [1.807, 2.05) is 0 Å². The number of hydrogen-bond donors (Lipinski definition) is 3. The van der Waals surface area contributed by atoms with E-state index in [4.69, 9.17) is 4.84 Å². The Labute approximate surface area is 166 Å². The van der Waals surface area contributed by atoms with E-state index in [0.29, 0.717) is 10.6 Å². The Morgan fingerprint density at radius 3 is 2.41 bits per heavy atom. The van der Waals surface area contributed by atoms with Crippen molar-refractivity contribution < 1.29 is 33.8 Å². The molecule has 0 aromatic heterocycles. The first-order chi connectivity index (χ1) is 13.8. The molecule has 9 heteroatoms. The summed E-state index contributed by atoms with van der Waals surface area (Å²) in [5.74, 6) is -3.33. The topological polar surface area (TPSA) is 116 Å². The van der Waals surface area contributed by atoms with Gasteiger partial charge in [-0.1, -0.05) is 42.5 Å². The normalized spacial score (nSPS) is 12.6. The second kappa shape index (κ2) is 10.3. The van der Waals surface area contributed by atoms with Crippen LogP contribution in [0.3, 0.4) is 0 Å². The van der Waals surface area contributed by atoms with Gasteiger partial charge in [0.25, 0.3) is 5.91 Å². The molecule has 0 heterocycles. The Bertz CT molecular complexity index is 861. The Morgan fingerprint density at radius 2 is 1.83 bits per heavy atom. The Kier molecular flexibility index (Phi) is 7.81. The third kappa shape index (κ3) is 6.09. The van der Waals surface area contributed by atoms with Crippen LogP contribution in [-0.2, 0) is 25.8 Å². The van der Waals surface area contributed by atoms with Gasteiger partial charge in [0.2, 0.25) is 5.91 Å². The van der Waals surface area contributed by atoms with Crippen LogP contribution in [0.15, 0.2) is 54.6 Å². The summed E-state index contributed by atoms with van der Waals surface area (Å²) in [4.78, 5) is 41.4. The average molecular weight is 404 g/mol. The number of hydrogen-bond acceptors (Lipinski definition) is 6. The van der Waals surface area contributed by atoms with E-state index < -0.39 is 42.4 Å². The third-order valence-corrected chi connectivity index (χ3v) is 3.95. The van der Waals surface area contributed by atoms with Gasteiger partial charge in [0.05, 0.1) is 6.61 Å². The number of carbonyl (C=O) groups excluding carboxylic acids is 3. The Balaban J connectivity index is 2.06. The number of carbonyl (C=O) groups is 3. The fourth-order valence-corrected chi connectivity index (χ4v) is 2.48. The highest BCUT2D eigenvalue weighted by Gasteiger charge is 2.33. The smallest absolute Gasteiger partial charge is 0.365 e. The molecule has 0 bridgehead atoms. The molecule has 2 rings (SSSR count). The molecule has 2 amide bonds. The van der Waals surface area contributed by atoms with Crippen LogP contribution in [0.1, 0.15) is 24.2 Å². The predicted octanol–water partition coefficient (Wildman–Crippen LogP) is 0.843. The summed E-state index contributed by atoms with van der Waals surface area (Å²) in [6.45, 7) is 0.118. The zero-order valence-corrected chi connectivity index (χ0v) is 15.6. The van der Waals surface area contributed by atoms with Gasteiger partial charge in [-0.15, -0.1) is 0 Å². The maximum atomic E-state index is 13.2. The number of halogens is 1. The fraction of sp³-hybridized carbons (Fsp3) is 0.250. The first kappa shape index (κ1) is 22.0. The van der Waals surface area contributed by atoms with E-state index >= 15 is 0 Å². The minimum absolute atomic E-state index is 0.0700. The van der Waals surface area contributed by atoms with E-state index in [1.54, 1.807) is 24.3 Å². The lowest BCUT2D eigenvalue weighted by Crippen LogP contribution is -2.51. The Hall–Kier alpha value is -3.30. The van der Waals surface area contributed by atoms with Gasteiger partial charge < -0.3 is 20.4 Å². The van der Waals surface area contributed by atoms with Crippen LogP contribution in [-0.4, -0.2) is 45.7 Å². The summed E-state index contributed by atoms with van der Waals surface area (Å²) >= 11 is 0. The minimum atomic E-state index is -1.69. The van der Waals surface area contributed by atoms with Crippen molar-refractivity contribution in [3.63, 3.8) is 0 Å². The van der Waals surface area contributed by atoms with E-state index in [2.05, 4.69) is 5.32 Å². The maximum Gasteiger partial charge on any atom is 0.365 e. The van der Waals surface area contributed by atoms with Crippen molar-refractivity contribution in [3.05, 3.63) is 71.5 Å². The van der Waals surface area contributed by atoms with E-state index in [-0.39, 0.29) is 12.1 Å². The van der Waals surface area contributed by atoms with Gasteiger partial charge in [0, 0.05) is 13.5 Å². The highest BCUT2D eigenvalue weighted by molar-refractivity contribution is 5.87. The van der Waals surface area contributed by atoms with Crippen LogP contribution in [0, 0.1) is 5.82 Å². The molecule has 0 aliphatic heterocycles. The van der Waals surface area contributed by atoms with Gasteiger partial charge in [-0.3, -0.25) is 9.59 Å². The van der Waals surface area contributed by atoms with Gasteiger partial charge in [0.15, 0.2) is 12.1 Å². The molecule has 154 valence electrons. The molecule has 3 N–H and O–H groups in total. The monoisotopic (exact) mass is 404 g/mol. The zero-order chi connectivity index (χ0) is 21.4. The van der Waals surface area contributed by atoms with E-state index in [9.17, 15) is 29.0 Å². The number of nitrogens with one attached hydrogen (secondary N) is 1. The van der Waals surface area contributed by atoms with Gasteiger partial charge in [-0.25, -0.2) is 9.18 Å². The molecule has 0 fully saturated rings. The Morgan fingerprint density at radius 1 is 1.14 bits per heavy atom. The van der Waals surface area contributed by atoms with E-state index in [1.165, 1.54) is 30.3 Å². The molecule has 0 saturated heterocycles. The lowest BCUT2D eigenvalue weighted by atomic mass is 10.1. The lowest BCUT2D eigenvalue weighted by molar-refractivity contribution is -0.215. The second-order valence-electron chi connectivity index (χ2n) is 6.11. The van der Waals surface area contributed by atoms with Crippen molar-refractivity contribution in [1.82, 2.24) is 10.4 Å². The molecule has 0 spiro atoms. The van der Waals surface area contributed by atoms with Crippen molar-refractivity contribution in [2.45, 2.75) is 25.6 Å². The van der Waals surface area contributed by atoms with Gasteiger partial charge in [-0.05, 0) is 23.3 Å². The highest BCUT2D eigenvalue weighted by atomic mass is 19.1. The first-order valence-corrected chi connectivity index (χ1v) is 8.71. The summed E-state index contributed by atoms with van der Waals surface area (Å²) in [5.41, 5.74) is 0.693. The highest BCUT2D eigenvalue weighted by Crippen LogP contribution is 2.16. The number of rotatable bonds is 7. The van der Waals surface area contributed by atoms with Crippen LogP contribution >= 0.6 is 0 Å². The van der Waals surface area contributed by atoms with Gasteiger partial charge in [0.1, 0.15) is 5.82 Å². The molecule has 2 atom stereocenters. The summed E-state index contributed by atoms with van der Waals surface area (Å²) in [5, 5.41) is 22.5. The maximum absolute atomic E-state index is 13.2. The molecule has 0 aliphatic rings. The number of hydroxylamine groups is 2. The SMILES string of the molecule is CC(=O)N(OC(=O)[C@H](O)c1ccccc1)[C@H](CO)C(=O)NCc1cccc(F)c1. The molecular formula is C20H21FN2O6. The number of aliphatic hydroxyl groups excluding tert-OH is 2. The quantitative estimate of drug-likeness (QED) is 0.589. The molecule has 8 nitrogen and oxygen atoms in total. The number of aliphatic hydroxyl groups is 2.